The van der Waals surface area contributed by atoms with E-state index in [2.05, 4.69) is 10.6 Å². The molecule has 0 saturated heterocycles. The zero-order valence-electron chi connectivity index (χ0n) is 19.2. The van der Waals surface area contributed by atoms with Gasteiger partial charge in [-0.3, -0.25) is 14.4 Å². The quantitative estimate of drug-likeness (QED) is 0.314. The highest BCUT2D eigenvalue weighted by Gasteiger charge is 2.40. The molecule has 4 aromatic rings. The van der Waals surface area contributed by atoms with E-state index in [0.29, 0.717) is 22.0 Å². The molecule has 178 valence electrons. The van der Waals surface area contributed by atoms with E-state index in [-0.39, 0.29) is 22.3 Å². The van der Waals surface area contributed by atoms with Gasteiger partial charge in [-0.15, -0.1) is 0 Å². The fraction of sp³-hybridized carbons (Fsp3) is 0.0357. The van der Waals surface area contributed by atoms with Crippen molar-refractivity contribution in [3.05, 3.63) is 119 Å². The van der Waals surface area contributed by atoms with Crippen molar-refractivity contribution in [1.29, 1.82) is 0 Å². The first-order valence-electron chi connectivity index (χ1n) is 11.1. The van der Waals surface area contributed by atoms with Crippen molar-refractivity contribution in [1.82, 2.24) is 0 Å². The highest BCUT2D eigenvalue weighted by Crippen LogP contribution is 2.38. The Bertz CT molecular complexity index is 1460. The Morgan fingerprint density at radius 3 is 2.33 bits per heavy atom. The minimum atomic E-state index is -0.434. The summed E-state index contributed by atoms with van der Waals surface area (Å²) >= 11 is 1.16. The highest BCUT2D eigenvalue weighted by atomic mass is 32.2. The van der Waals surface area contributed by atoms with Gasteiger partial charge in [0.15, 0.2) is 5.76 Å². The van der Waals surface area contributed by atoms with Crippen LogP contribution in [0.2, 0.25) is 0 Å². The number of nitrogens with one attached hydrogen (secondary N) is 2. The summed E-state index contributed by atoms with van der Waals surface area (Å²) in [7, 11) is 0. The largest absolute Gasteiger partial charge is 0.459 e. The van der Waals surface area contributed by atoms with Crippen LogP contribution in [0.5, 0.6) is 0 Å². The molecule has 2 N–H and O–H groups in total. The Morgan fingerprint density at radius 1 is 0.833 bits per heavy atom. The summed E-state index contributed by atoms with van der Waals surface area (Å²) < 4.78 is 5.14. The fourth-order valence-electron chi connectivity index (χ4n) is 3.66. The summed E-state index contributed by atoms with van der Waals surface area (Å²) in [4.78, 5) is 41.4. The molecule has 0 fully saturated rings. The van der Waals surface area contributed by atoms with Crippen molar-refractivity contribution in [2.75, 3.05) is 15.5 Å². The van der Waals surface area contributed by atoms with Crippen LogP contribution in [0.1, 0.15) is 16.1 Å². The lowest BCUT2D eigenvalue weighted by molar-refractivity contribution is -0.120. The fourth-order valence-corrected chi connectivity index (χ4v) is 4.65. The molecule has 0 radical (unpaired) electrons. The van der Waals surface area contributed by atoms with Crippen molar-refractivity contribution in [3.8, 4) is 0 Å². The third-order valence-corrected chi connectivity index (χ3v) is 6.51. The van der Waals surface area contributed by atoms with E-state index in [4.69, 9.17) is 4.42 Å². The number of carbonyl (C=O) groups is 3. The monoisotopic (exact) mass is 495 g/mol. The summed E-state index contributed by atoms with van der Waals surface area (Å²) in [5.41, 5.74) is 3.00. The Morgan fingerprint density at radius 2 is 1.61 bits per heavy atom. The second kappa shape index (κ2) is 9.97. The summed E-state index contributed by atoms with van der Waals surface area (Å²) in [5.74, 6) is -1.05. The average Bonchev–Trinajstić information content (AvgIpc) is 3.50. The Labute approximate surface area is 211 Å². The van der Waals surface area contributed by atoms with E-state index in [1.807, 2.05) is 43.3 Å². The first-order chi connectivity index (χ1) is 17.5. The number of anilines is 3. The number of amides is 3. The van der Waals surface area contributed by atoms with Crippen LogP contribution in [-0.2, 0) is 9.59 Å². The number of para-hydroxylation sites is 1. The molecule has 2 heterocycles. The molecule has 0 unspecified atom stereocenters. The molecule has 7 nitrogen and oxygen atoms in total. The maximum Gasteiger partial charge on any atom is 0.291 e. The highest BCUT2D eigenvalue weighted by molar-refractivity contribution is 8.04. The predicted octanol–water partition coefficient (Wildman–Crippen LogP) is 5.83. The Balaban J connectivity index is 1.46. The molecule has 0 spiro atoms. The van der Waals surface area contributed by atoms with Crippen LogP contribution in [0.15, 0.2) is 117 Å². The summed E-state index contributed by atoms with van der Waals surface area (Å²) in [5, 5.41) is 5.93. The zero-order valence-corrected chi connectivity index (χ0v) is 20.0. The van der Waals surface area contributed by atoms with Crippen LogP contribution < -0.4 is 15.5 Å². The first-order valence-corrected chi connectivity index (χ1v) is 12.0. The van der Waals surface area contributed by atoms with Gasteiger partial charge in [-0.05, 0) is 61.5 Å². The topological polar surface area (TPSA) is 91.7 Å². The maximum atomic E-state index is 13.5. The maximum absolute atomic E-state index is 13.5. The van der Waals surface area contributed by atoms with Gasteiger partial charge < -0.3 is 15.1 Å². The number of benzene rings is 3. The second-order valence-electron chi connectivity index (χ2n) is 8.04. The number of hydrogen-bond acceptors (Lipinski definition) is 6. The van der Waals surface area contributed by atoms with E-state index in [9.17, 15) is 14.4 Å². The van der Waals surface area contributed by atoms with Gasteiger partial charge >= 0.3 is 0 Å². The minimum Gasteiger partial charge on any atom is -0.459 e. The third-order valence-electron chi connectivity index (χ3n) is 5.43. The molecule has 1 aromatic heterocycles. The lowest BCUT2D eigenvalue weighted by atomic mass is 10.2. The van der Waals surface area contributed by atoms with Crippen LogP contribution in [0.3, 0.4) is 0 Å². The minimum absolute atomic E-state index is 0.190. The van der Waals surface area contributed by atoms with Gasteiger partial charge in [0.25, 0.3) is 17.7 Å². The number of hydrogen-bond donors (Lipinski definition) is 2. The molecule has 36 heavy (non-hydrogen) atoms. The van der Waals surface area contributed by atoms with Crippen LogP contribution in [0.4, 0.5) is 17.1 Å². The first kappa shape index (κ1) is 23.2. The Hall–Kier alpha value is -4.56. The number of rotatable bonds is 7. The SMILES string of the molecule is Cc1ccc(NC2=C(Sc3cccc(NC(=O)c4ccco4)c3)C(=O)N(c3ccccc3)C2=O)cc1. The van der Waals surface area contributed by atoms with E-state index >= 15 is 0 Å². The van der Waals surface area contributed by atoms with Crippen molar-refractivity contribution in [2.24, 2.45) is 0 Å². The number of thioether (sulfide) groups is 1. The molecule has 3 aromatic carbocycles. The van der Waals surface area contributed by atoms with Crippen molar-refractivity contribution in [2.45, 2.75) is 11.8 Å². The normalized spacial score (nSPS) is 13.3. The predicted molar refractivity (Wildman–Crippen MR) is 140 cm³/mol. The van der Waals surface area contributed by atoms with E-state index in [1.54, 1.807) is 54.6 Å². The van der Waals surface area contributed by atoms with Gasteiger partial charge in [-0.1, -0.05) is 53.7 Å². The third kappa shape index (κ3) is 4.80. The average molecular weight is 496 g/mol. The van der Waals surface area contributed by atoms with Crippen molar-refractivity contribution >= 4 is 46.5 Å². The smallest absolute Gasteiger partial charge is 0.291 e. The summed E-state index contributed by atoms with van der Waals surface area (Å²) in [6.07, 6.45) is 1.43. The van der Waals surface area contributed by atoms with E-state index in [0.717, 1.165) is 17.3 Å². The van der Waals surface area contributed by atoms with E-state index in [1.165, 1.54) is 11.2 Å². The summed E-state index contributed by atoms with van der Waals surface area (Å²) in [6, 6.07) is 26.7. The number of aryl methyl sites for hydroxylation is 1. The lowest BCUT2D eigenvalue weighted by Gasteiger charge is -2.15. The molecule has 0 saturated carbocycles. The Kier molecular flexibility index (Phi) is 6.42. The number of furan rings is 1. The zero-order chi connectivity index (χ0) is 25.1. The standard InChI is InChI=1S/C28H21N3O4S/c1-18-12-14-19(15-13-18)29-24-25(28(34)31(27(24)33)21-8-3-2-4-9-21)36-22-10-5-7-20(17-22)30-26(32)23-11-6-16-35-23/h2-17,29H,1H3,(H,30,32). The van der Waals surface area contributed by atoms with Gasteiger partial charge in [0, 0.05) is 16.3 Å². The molecule has 1 aliphatic heterocycles. The molecule has 5 rings (SSSR count). The number of nitrogens with zero attached hydrogens (tertiary/aromatic N) is 1. The molecule has 0 bridgehead atoms. The van der Waals surface area contributed by atoms with Gasteiger partial charge in [-0.25, -0.2) is 4.90 Å². The van der Waals surface area contributed by atoms with Gasteiger partial charge in [0.05, 0.1) is 12.0 Å². The molecule has 0 aliphatic carbocycles. The van der Waals surface area contributed by atoms with Gasteiger partial charge in [0.2, 0.25) is 0 Å². The molecule has 1 aliphatic rings. The number of carbonyl (C=O) groups excluding carboxylic acids is 3. The molecule has 0 atom stereocenters. The van der Waals surface area contributed by atoms with Gasteiger partial charge in [-0.2, -0.15) is 0 Å². The van der Waals surface area contributed by atoms with Crippen LogP contribution >= 0.6 is 11.8 Å². The second-order valence-corrected chi connectivity index (χ2v) is 9.12. The van der Waals surface area contributed by atoms with Crippen molar-refractivity contribution in [3.63, 3.8) is 0 Å². The lowest BCUT2D eigenvalue weighted by Crippen LogP contribution is -2.32. The van der Waals surface area contributed by atoms with Crippen LogP contribution in [0.25, 0.3) is 0 Å². The van der Waals surface area contributed by atoms with Crippen LogP contribution in [-0.4, -0.2) is 17.7 Å². The summed E-state index contributed by atoms with van der Waals surface area (Å²) in [6.45, 7) is 1.98. The molecular weight excluding hydrogens is 474 g/mol. The molecule has 3 amide bonds. The van der Waals surface area contributed by atoms with Crippen LogP contribution in [0, 0.1) is 6.92 Å². The van der Waals surface area contributed by atoms with E-state index < -0.39 is 11.8 Å². The van der Waals surface area contributed by atoms with Crippen molar-refractivity contribution < 1.29 is 18.8 Å². The number of imide groups is 1. The van der Waals surface area contributed by atoms with Gasteiger partial charge in [0.1, 0.15) is 10.6 Å². The molecule has 8 heteroatoms. The molecular formula is C28H21N3O4S.